The highest BCUT2D eigenvalue weighted by molar-refractivity contribution is 5.94. The van der Waals surface area contributed by atoms with Crippen molar-refractivity contribution in [3.8, 4) is 0 Å². The Morgan fingerprint density at radius 3 is 2.66 bits per heavy atom. The Bertz CT molecular complexity index is 967. The number of nitrogens with zero attached hydrogens (tertiary/aromatic N) is 2. The molecule has 1 aromatic heterocycles. The highest BCUT2D eigenvalue weighted by Crippen LogP contribution is 2.21. The molecule has 32 heavy (non-hydrogen) atoms. The van der Waals surface area contributed by atoms with Crippen LogP contribution < -0.4 is 10.9 Å². The average molecular weight is 436 g/mol. The van der Waals surface area contributed by atoms with E-state index in [1.807, 2.05) is 16.7 Å². The molecule has 1 aliphatic carbocycles. The summed E-state index contributed by atoms with van der Waals surface area (Å²) in [5, 5.41) is 3.18. The van der Waals surface area contributed by atoms with Gasteiger partial charge >= 0.3 is 0 Å². The Balaban J connectivity index is 1.49. The molecule has 0 radical (unpaired) electrons. The van der Waals surface area contributed by atoms with E-state index in [1.54, 1.807) is 0 Å². The van der Waals surface area contributed by atoms with E-state index in [0.717, 1.165) is 64.6 Å². The molecule has 0 saturated carbocycles. The van der Waals surface area contributed by atoms with Crippen molar-refractivity contribution in [2.45, 2.75) is 83.8 Å². The molecular weight excluding hydrogens is 398 g/mol. The minimum atomic E-state index is -0.198. The van der Waals surface area contributed by atoms with Gasteiger partial charge in [0.05, 0.1) is 0 Å². The predicted molar refractivity (Wildman–Crippen MR) is 129 cm³/mol. The van der Waals surface area contributed by atoms with Crippen LogP contribution in [0.15, 0.2) is 41.2 Å². The molecule has 5 heteroatoms. The summed E-state index contributed by atoms with van der Waals surface area (Å²) in [5.74, 6) is -0.198. The van der Waals surface area contributed by atoms with Crippen molar-refractivity contribution in [3.63, 3.8) is 0 Å². The Hall–Kier alpha value is -2.40. The lowest BCUT2D eigenvalue weighted by Crippen LogP contribution is -2.41. The number of hydrogen-bond acceptors (Lipinski definition) is 3. The standard InChI is InChI=1S/C27H37N3O2/c1-2-3-16-30-25-14-10-5-4-9-13-22(25)18-24(27(30)32)26(31)28-23-15-17-29(20-23)19-21-11-7-6-8-12-21/h6-8,11-12,18,23H,2-5,9-10,13-17,19-20H2,1H3,(H,28,31). The maximum absolute atomic E-state index is 13.4. The fourth-order valence-corrected chi connectivity index (χ4v) is 5.15. The minimum absolute atomic E-state index is 0.0942. The van der Waals surface area contributed by atoms with Crippen LogP contribution in [0.1, 0.15) is 79.0 Å². The molecule has 172 valence electrons. The quantitative estimate of drug-likeness (QED) is 0.705. The van der Waals surface area contributed by atoms with Gasteiger partial charge in [0.1, 0.15) is 5.56 Å². The fraction of sp³-hybridized carbons (Fsp3) is 0.556. The summed E-state index contributed by atoms with van der Waals surface area (Å²) < 4.78 is 1.93. The van der Waals surface area contributed by atoms with Gasteiger partial charge in [-0.25, -0.2) is 0 Å². The van der Waals surface area contributed by atoms with Gasteiger partial charge in [0.2, 0.25) is 0 Å². The van der Waals surface area contributed by atoms with Crippen molar-refractivity contribution >= 4 is 5.91 Å². The number of unbranched alkanes of at least 4 members (excludes halogenated alkanes) is 1. The Kier molecular flexibility index (Phi) is 7.80. The molecule has 1 saturated heterocycles. The number of carbonyl (C=O) groups excluding carboxylic acids is 1. The second kappa shape index (κ2) is 11.0. The number of aryl methyl sites for hydroxylation is 1. The van der Waals surface area contributed by atoms with Crippen LogP contribution in [0, 0.1) is 0 Å². The summed E-state index contributed by atoms with van der Waals surface area (Å²) in [5.41, 5.74) is 3.91. The zero-order chi connectivity index (χ0) is 22.3. The van der Waals surface area contributed by atoms with E-state index < -0.39 is 0 Å². The molecule has 2 aliphatic rings. The number of rotatable bonds is 7. The number of pyridine rings is 1. The summed E-state index contributed by atoms with van der Waals surface area (Å²) in [6.07, 6.45) is 9.57. The van der Waals surface area contributed by atoms with Gasteiger partial charge in [0.25, 0.3) is 11.5 Å². The molecule has 1 atom stereocenters. The number of benzene rings is 1. The van der Waals surface area contributed by atoms with E-state index in [4.69, 9.17) is 0 Å². The molecule has 1 unspecified atom stereocenters. The first-order valence-electron chi connectivity index (χ1n) is 12.5. The lowest BCUT2D eigenvalue weighted by Gasteiger charge is -2.22. The van der Waals surface area contributed by atoms with Crippen molar-refractivity contribution in [3.05, 3.63) is 69.1 Å². The molecule has 2 aromatic rings. The molecule has 1 aromatic carbocycles. The third-order valence-electron chi connectivity index (χ3n) is 6.94. The van der Waals surface area contributed by atoms with Crippen LogP contribution >= 0.6 is 0 Å². The maximum atomic E-state index is 13.4. The smallest absolute Gasteiger partial charge is 0.263 e. The topological polar surface area (TPSA) is 54.3 Å². The molecule has 1 aliphatic heterocycles. The molecule has 5 nitrogen and oxygen atoms in total. The van der Waals surface area contributed by atoms with Crippen LogP contribution in [-0.4, -0.2) is 34.5 Å². The molecule has 1 fully saturated rings. The Morgan fingerprint density at radius 1 is 1.09 bits per heavy atom. The van der Waals surface area contributed by atoms with Crippen molar-refractivity contribution in [2.24, 2.45) is 0 Å². The van der Waals surface area contributed by atoms with E-state index in [9.17, 15) is 9.59 Å². The fourth-order valence-electron chi connectivity index (χ4n) is 5.15. The molecule has 0 bridgehead atoms. The number of hydrogen-bond donors (Lipinski definition) is 1. The summed E-state index contributed by atoms with van der Waals surface area (Å²) >= 11 is 0. The van der Waals surface area contributed by atoms with Gasteiger partial charge in [0, 0.05) is 37.9 Å². The van der Waals surface area contributed by atoms with Gasteiger partial charge in [-0.05, 0) is 55.7 Å². The van der Waals surface area contributed by atoms with Gasteiger partial charge in [0.15, 0.2) is 0 Å². The number of amides is 1. The second-order valence-electron chi connectivity index (χ2n) is 9.43. The Morgan fingerprint density at radius 2 is 1.88 bits per heavy atom. The number of aromatic nitrogens is 1. The first kappa shape index (κ1) is 22.8. The number of nitrogens with one attached hydrogen (secondary N) is 1. The van der Waals surface area contributed by atoms with Crippen molar-refractivity contribution in [2.75, 3.05) is 13.1 Å². The van der Waals surface area contributed by atoms with Crippen molar-refractivity contribution in [1.82, 2.24) is 14.8 Å². The van der Waals surface area contributed by atoms with Gasteiger partial charge in [-0.3, -0.25) is 14.5 Å². The minimum Gasteiger partial charge on any atom is -0.348 e. The van der Waals surface area contributed by atoms with Gasteiger partial charge in [-0.15, -0.1) is 0 Å². The first-order valence-corrected chi connectivity index (χ1v) is 12.5. The van der Waals surface area contributed by atoms with Crippen LogP contribution in [0.25, 0.3) is 0 Å². The molecule has 1 N–H and O–H groups in total. The third kappa shape index (κ3) is 5.50. The second-order valence-corrected chi connectivity index (χ2v) is 9.43. The first-order chi connectivity index (χ1) is 15.7. The molecule has 1 amide bonds. The van der Waals surface area contributed by atoms with Crippen LogP contribution in [0.2, 0.25) is 0 Å². The van der Waals surface area contributed by atoms with Crippen molar-refractivity contribution < 1.29 is 4.79 Å². The summed E-state index contributed by atoms with van der Waals surface area (Å²) in [7, 11) is 0. The van der Waals surface area contributed by atoms with Crippen LogP contribution in [0.5, 0.6) is 0 Å². The Labute approximate surface area is 191 Å². The predicted octanol–water partition coefficient (Wildman–Crippen LogP) is 4.31. The van der Waals surface area contributed by atoms with Gasteiger partial charge in [-0.1, -0.05) is 56.5 Å². The van der Waals surface area contributed by atoms with Crippen molar-refractivity contribution in [1.29, 1.82) is 0 Å². The van der Waals surface area contributed by atoms with E-state index in [0.29, 0.717) is 12.1 Å². The number of carbonyl (C=O) groups is 1. The van der Waals surface area contributed by atoms with Crippen LogP contribution in [-0.2, 0) is 25.9 Å². The van der Waals surface area contributed by atoms with E-state index >= 15 is 0 Å². The van der Waals surface area contributed by atoms with E-state index in [2.05, 4.69) is 41.4 Å². The molecule has 2 heterocycles. The third-order valence-corrected chi connectivity index (χ3v) is 6.94. The average Bonchev–Trinajstić information content (AvgIpc) is 3.21. The van der Waals surface area contributed by atoms with E-state index in [-0.39, 0.29) is 17.5 Å². The zero-order valence-electron chi connectivity index (χ0n) is 19.4. The van der Waals surface area contributed by atoms with Crippen LogP contribution in [0.4, 0.5) is 0 Å². The zero-order valence-corrected chi connectivity index (χ0v) is 19.4. The van der Waals surface area contributed by atoms with Gasteiger partial charge in [-0.2, -0.15) is 0 Å². The monoisotopic (exact) mass is 435 g/mol. The van der Waals surface area contributed by atoms with E-state index in [1.165, 1.54) is 29.7 Å². The number of likely N-dealkylation sites (tertiary alicyclic amines) is 1. The normalized spacial score (nSPS) is 19.2. The molecular formula is C27H37N3O2. The summed E-state index contributed by atoms with van der Waals surface area (Å²) in [6, 6.07) is 12.5. The summed E-state index contributed by atoms with van der Waals surface area (Å²) in [4.78, 5) is 28.9. The highest BCUT2D eigenvalue weighted by atomic mass is 16.2. The maximum Gasteiger partial charge on any atom is 0.263 e. The molecule has 4 rings (SSSR count). The lowest BCUT2D eigenvalue weighted by atomic mass is 9.95. The SMILES string of the molecule is CCCCn1c2c(cc(C(=O)NC3CCN(Cc4ccccc4)C3)c1=O)CCCCCC2. The highest BCUT2D eigenvalue weighted by Gasteiger charge is 2.26. The largest absolute Gasteiger partial charge is 0.348 e. The van der Waals surface area contributed by atoms with Crippen LogP contribution in [0.3, 0.4) is 0 Å². The summed E-state index contributed by atoms with van der Waals surface area (Å²) in [6.45, 7) is 5.55. The lowest BCUT2D eigenvalue weighted by molar-refractivity contribution is 0.0935. The van der Waals surface area contributed by atoms with Gasteiger partial charge < -0.3 is 9.88 Å². The number of fused-ring (bicyclic) bond motifs is 1. The molecule has 0 spiro atoms.